The first-order valence-electron chi connectivity index (χ1n) is 9.01. The largest absolute Gasteiger partial charge is 0.508 e. The van der Waals surface area contributed by atoms with Crippen LogP contribution in [0, 0.1) is 0 Å². The number of phenolic OH excluding ortho intramolecular Hbond substituents is 1. The Morgan fingerprint density at radius 1 is 1.25 bits per heavy atom. The first-order chi connectivity index (χ1) is 11.6. The van der Waals surface area contributed by atoms with E-state index >= 15 is 0 Å². The van der Waals surface area contributed by atoms with E-state index in [2.05, 4.69) is 11.8 Å². The summed E-state index contributed by atoms with van der Waals surface area (Å²) in [7, 11) is 1.64. The summed E-state index contributed by atoms with van der Waals surface area (Å²) >= 11 is 0. The fourth-order valence-corrected chi connectivity index (χ4v) is 4.33. The van der Waals surface area contributed by atoms with E-state index in [9.17, 15) is 9.90 Å². The summed E-state index contributed by atoms with van der Waals surface area (Å²) in [6.07, 6.45) is 4.99. The van der Waals surface area contributed by atoms with E-state index < -0.39 is 0 Å². The minimum Gasteiger partial charge on any atom is -0.508 e. The Labute approximate surface area is 144 Å². The minimum atomic E-state index is -0.357. The number of hydrogen-bond donors (Lipinski definition) is 1. The zero-order chi connectivity index (χ0) is 17.2. The van der Waals surface area contributed by atoms with Crippen molar-refractivity contribution in [2.24, 2.45) is 0 Å². The van der Waals surface area contributed by atoms with E-state index in [1.165, 1.54) is 0 Å². The molecule has 2 aliphatic heterocycles. The lowest BCUT2D eigenvalue weighted by atomic mass is 9.85. The van der Waals surface area contributed by atoms with Gasteiger partial charge in [0.15, 0.2) is 0 Å². The molecular formula is C19H28N2O3. The molecule has 2 aliphatic rings. The van der Waals surface area contributed by atoms with Crippen molar-refractivity contribution in [1.82, 2.24) is 9.80 Å². The van der Waals surface area contributed by atoms with Crippen LogP contribution in [0.15, 0.2) is 18.2 Å². The van der Waals surface area contributed by atoms with E-state index in [4.69, 9.17) is 4.74 Å². The van der Waals surface area contributed by atoms with Crippen molar-refractivity contribution in [1.29, 1.82) is 0 Å². The molecule has 5 nitrogen and oxygen atoms in total. The molecule has 0 saturated carbocycles. The zero-order valence-corrected chi connectivity index (χ0v) is 14.8. The van der Waals surface area contributed by atoms with Gasteiger partial charge in [0, 0.05) is 25.2 Å². The number of ether oxygens (including phenoxy) is 1. The number of benzene rings is 1. The Morgan fingerprint density at radius 2 is 2.00 bits per heavy atom. The van der Waals surface area contributed by atoms with E-state index in [0.29, 0.717) is 12.5 Å². The molecule has 0 aliphatic carbocycles. The summed E-state index contributed by atoms with van der Waals surface area (Å²) in [6, 6.07) is 5.18. The second-order valence-corrected chi connectivity index (χ2v) is 6.95. The molecule has 1 aromatic carbocycles. The van der Waals surface area contributed by atoms with Gasteiger partial charge in [-0.05, 0) is 56.8 Å². The molecule has 2 saturated heterocycles. The molecule has 0 bridgehead atoms. The van der Waals surface area contributed by atoms with Gasteiger partial charge in [0.2, 0.25) is 5.91 Å². The average molecular weight is 332 g/mol. The van der Waals surface area contributed by atoms with Gasteiger partial charge < -0.3 is 14.7 Å². The van der Waals surface area contributed by atoms with Crippen molar-refractivity contribution in [3.05, 3.63) is 23.8 Å². The maximum absolute atomic E-state index is 13.2. The predicted molar refractivity (Wildman–Crippen MR) is 93.1 cm³/mol. The molecule has 1 atom stereocenters. The van der Waals surface area contributed by atoms with Crippen molar-refractivity contribution < 1.29 is 14.6 Å². The Bertz CT molecular complexity index is 602. The number of rotatable bonds is 5. The number of carbonyl (C=O) groups is 1. The molecule has 0 radical (unpaired) electrons. The Hall–Kier alpha value is -1.75. The quantitative estimate of drug-likeness (QED) is 0.901. The third-order valence-corrected chi connectivity index (χ3v) is 5.45. The third kappa shape index (κ3) is 2.97. The van der Waals surface area contributed by atoms with Gasteiger partial charge in [-0.2, -0.15) is 0 Å². The highest BCUT2D eigenvalue weighted by molar-refractivity contribution is 5.87. The maximum Gasteiger partial charge on any atom is 0.243 e. The predicted octanol–water partition coefficient (Wildman–Crippen LogP) is 2.77. The maximum atomic E-state index is 13.2. The lowest BCUT2D eigenvalue weighted by molar-refractivity contribution is -0.147. The number of nitrogens with zero attached hydrogens (tertiary/aromatic N) is 2. The molecular weight excluding hydrogens is 304 g/mol. The molecule has 24 heavy (non-hydrogen) atoms. The van der Waals surface area contributed by atoms with E-state index in [1.807, 2.05) is 4.90 Å². The van der Waals surface area contributed by atoms with Crippen LogP contribution in [0.1, 0.15) is 44.6 Å². The molecule has 1 amide bonds. The van der Waals surface area contributed by atoms with Crippen LogP contribution in [0.2, 0.25) is 0 Å². The monoisotopic (exact) mass is 332 g/mol. The Kier molecular flexibility index (Phi) is 4.99. The molecule has 3 rings (SSSR count). The van der Waals surface area contributed by atoms with Crippen LogP contribution >= 0.6 is 0 Å². The number of phenols is 1. The lowest BCUT2D eigenvalue weighted by Gasteiger charge is -2.44. The second kappa shape index (κ2) is 7.01. The number of methoxy groups -OCH3 is 1. The van der Waals surface area contributed by atoms with Gasteiger partial charge in [-0.25, -0.2) is 0 Å². The highest BCUT2D eigenvalue weighted by atomic mass is 16.5. The van der Waals surface area contributed by atoms with Crippen LogP contribution in [0.4, 0.5) is 0 Å². The smallest absolute Gasteiger partial charge is 0.243 e. The highest BCUT2D eigenvalue weighted by Crippen LogP contribution is 2.40. The molecule has 1 aromatic rings. The molecule has 132 valence electrons. The zero-order valence-electron chi connectivity index (χ0n) is 14.8. The summed E-state index contributed by atoms with van der Waals surface area (Å²) in [4.78, 5) is 17.5. The Balaban J connectivity index is 1.85. The van der Waals surface area contributed by atoms with Crippen LogP contribution in [-0.4, -0.2) is 53.1 Å². The first-order valence-corrected chi connectivity index (χ1v) is 9.01. The summed E-state index contributed by atoms with van der Waals surface area (Å²) in [6.45, 7) is 5.42. The van der Waals surface area contributed by atoms with Crippen LogP contribution in [0.3, 0.4) is 0 Å². The molecule has 2 fully saturated rings. The average Bonchev–Trinajstić information content (AvgIpc) is 2.96. The van der Waals surface area contributed by atoms with E-state index in [1.54, 1.807) is 25.3 Å². The van der Waals surface area contributed by atoms with Gasteiger partial charge in [0.05, 0.1) is 7.11 Å². The number of piperidine rings is 1. The van der Waals surface area contributed by atoms with Gasteiger partial charge in [0.25, 0.3) is 0 Å². The normalized spacial score (nSPS) is 24.8. The van der Waals surface area contributed by atoms with Crippen LogP contribution in [0.5, 0.6) is 11.5 Å². The van der Waals surface area contributed by atoms with E-state index in [0.717, 1.165) is 63.1 Å². The molecule has 5 heteroatoms. The van der Waals surface area contributed by atoms with Gasteiger partial charge in [-0.3, -0.25) is 9.69 Å². The number of carbonyl (C=O) groups excluding carboxylic acids is 1. The number of aromatic hydroxyl groups is 1. The molecule has 1 N–H and O–H groups in total. The van der Waals surface area contributed by atoms with Crippen molar-refractivity contribution in [3.8, 4) is 11.5 Å². The standard InChI is InChI=1S/C19H28N2O3/c1-3-10-20-11-4-8-19(18(20)23)9-5-12-21(19)14-15-13-16(22)6-7-17(15)24-2/h6-7,13,22H,3-5,8-12,14H2,1-2H3. The van der Waals surface area contributed by atoms with E-state index in [-0.39, 0.29) is 11.3 Å². The summed E-state index contributed by atoms with van der Waals surface area (Å²) in [5.41, 5.74) is 0.586. The van der Waals surface area contributed by atoms with Gasteiger partial charge >= 0.3 is 0 Å². The topological polar surface area (TPSA) is 53.0 Å². The fourth-order valence-electron chi connectivity index (χ4n) is 4.33. The summed E-state index contributed by atoms with van der Waals surface area (Å²) in [5, 5.41) is 9.82. The summed E-state index contributed by atoms with van der Waals surface area (Å²) < 4.78 is 5.44. The molecule has 2 heterocycles. The van der Waals surface area contributed by atoms with Crippen molar-refractivity contribution in [2.45, 2.75) is 51.1 Å². The molecule has 1 unspecified atom stereocenters. The molecule has 1 spiro atoms. The van der Waals surface area contributed by atoms with Gasteiger partial charge in [-0.15, -0.1) is 0 Å². The van der Waals surface area contributed by atoms with Crippen molar-refractivity contribution >= 4 is 5.91 Å². The fraction of sp³-hybridized carbons (Fsp3) is 0.632. The summed E-state index contributed by atoms with van der Waals surface area (Å²) in [5.74, 6) is 1.30. The van der Waals surface area contributed by atoms with Crippen LogP contribution < -0.4 is 4.74 Å². The second-order valence-electron chi connectivity index (χ2n) is 6.95. The van der Waals surface area contributed by atoms with Gasteiger partial charge in [-0.1, -0.05) is 6.92 Å². The SMILES string of the molecule is CCCN1CCCC2(CCCN2Cc2cc(O)ccc2OC)C1=O. The van der Waals surface area contributed by atoms with Crippen molar-refractivity contribution in [2.75, 3.05) is 26.7 Å². The number of likely N-dealkylation sites (tertiary alicyclic amines) is 2. The van der Waals surface area contributed by atoms with Crippen LogP contribution in [-0.2, 0) is 11.3 Å². The molecule has 0 aromatic heterocycles. The third-order valence-electron chi connectivity index (χ3n) is 5.45. The Morgan fingerprint density at radius 3 is 2.71 bits per heavy atom. The number of amides is 1. The number of hydrogen-bond acceptors (Lipinski definition) is 4. The lowest BCUT2D eigenvalue weighted by Crippen LogP contribution is -2.59. The highest BCUT2D eigenvalue weighted by Gasteiger charge is 2.50. The van der Waals surface area contributed by atoms with Crippen molar-refractivity contribution in [3.63, 3.8) is 0 Å². The minimum absolute atomic E-state index is 0.238. The van der Waals surface area contributed by atoms with Crippen LogP contribution in [0.25, 0.3) is 0 Å². The van der Waals surface area contributed by atoms with Gasteiger partial charge in [0.1, 0.15) is 17.0 Å². The first kappa shape index (κ1) is 17.1.